The predicted molar refractivity (Wildman–Crippen MR) is 98.7 cm³/mol. The zero-order chi connectivity index (χ0) is 17.5. The third kappa shape index (κ3) is 5.21. The quantitative estimate of drug-likeness (QED) is 0.805. The highest BCUT2D eigenvalue weighted by Gasteiger charge is 2.18. The van der Waals surface area contributed by atoms with Gasteiger partial charge in [0.1, 0.15) is 5.75 Å². The normalized spacial score (nSPS) is 16.9. The number of nitrogens with one attached hydrogen (secondary N) is 2. The Kier molecular flexibility index (Phi) is 7.06. The number of rotatable bonds is 7. The first-order valence-electron chi connectivity index (χ1n) is 9.02. The molecule has 1 saturated heterocycles. The van der Waals surface area contributed by atoms with Gasteiger partial charge in [0.15, 0.2) is 0 Å². The summed E-state index contributed by atoms with van der Waals surface area (Å²) < 4.78 is 5.75. The summed E-state index contributed by atoms with van der Waals surface area (Å²) in [6.07, 6.45) is 0.985. The van der Waals surface area contributed by atoms with Gasteiger partial charge in [-0.1, -0.05) is 19.9 Å². The molecule has 1 fully saturated rings. The Morgan fingerprint density at radius 2 is 2.00 bits per heavy atom. The summed E-state index contributed by atoms with van der Waals surface area (Å²) in [5.74, 6) is 0.723. The van der Waals surface area contributed by atoms with Crippen LogP contribution in [0.25, 0.3) is 0 Å². The van der Waals surface area contributed by atoms with Crippen LogP contribution in [0.2, 0.25) is 0 Å². The van der Waals surface area contributed by atoms with Gasteiger partial charge in [-0.25, -0.2) is 0 Å². The lowest BCUT2D eigenvalue weighted by atomic mass is 10.0. The highest BCUT2D eigenvalue weighted by atomic mass is 16.5. The van der Waals surface area contributed by atoms with Gasteiger partial charge in [-0.2, -0.15) is 0 Å². The first-order chi connectivity index (χ1) is 11.5. The second kappa shape index (κ2) is 9.04. The minimum Gasteiger partial charge on any atom is -0.492 e. The van der Waals surface area contributed by atoms with Gasteiger partial charge in [0.25, 0.3) is 0 Å². The summed E-state index contributed by atoms with van der Waals surface area (Å²) in [5, 5.41) is 6.35. The Hall–Kier alpha value is -1.59. The van der Waals surface area contributed by atoms with Gasteiger partial charge in [0.05, 0.1) is 12.3 Å². The van der Waals surface area contributed by atoms with Gasteiger partial charge < -0.3 is 15.4 Å². The van der Waals surface area contributed by atoms with Gasteiger partial charge in [0, 0.05) is 38.1 Å². The number of anilines is 1. The summed E-state index contributed by atoms with van der Waals surface area (Å²) in [6, 6.07) is 6.62. The molecule has 5 heteroatoms. The van der Waals surface area contributed by atoms with Crippen LogP contribution in [0.1, 0.15) is 33.3 Å². The van der Waals surface area contributed by atoms with Crippen molar-refractivity contribution < 1.29 is 9.53 Å². The standard InChI is InChI=1S/C19H31N3O2/c1-5-24-18-13-16(6-7-17(18)21-19(23)14(2)3)12-15(4)22-10-8-20-9-11-22/h6-7,13-15,20H,5,8-12H2,1-4H3,(H,21,23). The minimum atomic E-state index is -0.0492. The van der Waals surface area contributed by atoms with Crippen molar-refractivity contribution in [3.63, 3.8) is 0 Å². The topological polar surface area (TPSA) is 53.6 Å². The van der Waals surface area contributed by atoms with Crippen LogP contribution in [0.3, 0.4) is 0 Å². The van der Waals surface area contributed by atoms with E-state index in [1.165, 1.54) is 5.56 Å². The van der Waals surface area contributed by atoms with Crippen molar-refractivity contribution in [2.24, 2.45) is 5.92 Å². The third-order valence-corrected chi connectivity index (χ3v) is 4.43. The van der Waals surface area contributed by atoms with Gasteiger partial charge in [0.2, 0.25) is 5.91 Å². The van der Waals surface area contributed by atoms with Crippen LogP contribution in [0.5, 0.6) is 5.75 Å². The molecule has 24 heavy (non-hydrogen) atoms. The molecular formula is C19H31N3O2. The number of amides is 1. The van der Waals surface area contributed by atoms with Crippen molar-refractivity contribution in [3.05, 3.63) is 23.8 Å². The SMILES string of the molecule is CCOc1cc(CC(C)N2CCNCC2)ccc1NC(=O)C(C)C. The number of hydrogen-bond acceptors (Lipinski definition) is 4. The lowest BCUT2D eigenvalue weighted by Gasteiger charge is -2.33. The molecule has 0 saturated carbocycles. The highest BCUT2D eigenvalue weighted by Crippen LogP contribution is 2.27. The van der Waals surface area contributed by atoms with E-state index < -0.39 is 0 Å². The van der Waals surface area contributed by atoms with Crippen molar-refractivity contribution in [1.82, 2.24) is 10.2 Å². The van der Waals surface area contributed by atoms with Crippen LogP contribution in [0, 0.1) is 5.92 Å². The number of ether oxygens (including phenoxy) is 1. The molecule has 0 bridgehead atoms. The molecule has 1 aromatic carbocycles. The fourth-order valence-corrected chi connectivity index (χ4v) is 2.94. The molecule has 0 radical (unpaired) electrons. The largest absolute Gasteiger partial charge is 0.492 e. The predicted octanol–water partition coefficient (Wildman–Crippen LogP) is 2.52. The van der Waals surface area contributed by atoms with E-state index in [1.54, 1.807) is 0 Å². The van der Waals surface area contributed by atoms with Crippen LogP contribution in [0.4, 0.5) is 5.69 Å². The van der Waals surface area contributed by atoms with Crippen LogP contribution < -0.4 is 15.4 Å². The number of hydrogen-bond donors (Lipinski definition) is 2. The molecule has 1 unspecified atom stereocenters. The van der Waals surface area contributed by atoms with Crippen molar-refractivity contribution in [2.45, 2.75) is 40.2 Å². The molecule has 1 aliphatic heterocycles. The number of carbonyl (C=O) groups is 1. The Labute approximate surface area is 145 Å². The number of benzene rings is 1. The van der Waals surface area contributed by atoms with Crippen LogP contribution in [0.15, 0.2) is 18.2 Å². The molecule has 5 nitrogen and oxygen atoms in total. The van der Waals surface area contributed by atoms with E-state index in [9.17, 15) is 4.79 Å². The molecular weight excluding hydrogens is 302 g/mol. The van der Waals surface area contributed by atoms with E-state index in [-0.39, 0.29) is 11.8 Å². The van der Waals surface area contributed by atoms with Gasteiger partial charge in [-0.15, -0.1) is 0 Å². The van der Waals surface area contributed by atoms with Crippen LogP contribution in [-0.2, 0) is 11.2 Å². The summed E-state index contributed by atoms with van der Waals surface area (Å²) in [6.45, 7) is 12.9. The van der Waals surface area contributed by atoms with Crippen LogP contribution in [-0.4, -0.2) is 49.6 Å². The third-order valence-electron chi connectivity index (χ3n) is 4.43. The second-order valence-electron chi connectivity index (χ2n) is 6.75. The molecule has 1 atom stereocenters. The maximum atomic E-state index is 12.0. The van der Waals surface area contributed by atoms with Crippen LogP contribution >= 0.6 is 0 Å². The average molecular weight is 333 g/mol. The minimum absolute atomic E-state index is 0.0119. The summed E-state index contributed by atoms with van der Waals surface area (Å²) >= 11 is 0. The van der Waals surface area contributed by atoms with E-state index in [1.807, 2.05) is 26.8 Å². The molecule has 2 rings (SSSR count). The summed E-state index contributed by atoms with van der Waals surface area (Å²) in [5.41, 5.74) is 2.00. The Balaban J connectivity index is 2.07. The molecule has 2 N–H and O–H groups in total. The van der Waals surface area contributed by atoms with E-state index in [4.69, 9.17) is 4.74 Å². The fraction of sp³-hybridized carbons (Fsp3) is 0.632. The van der Waals surface area contributed by atoms with Gasteiger partial charge in [-0.05, 0) is 38.0 Å². The zero-order valence-electron chi connectivity index (χ0n) is 15.4. The number of nitrogens with zero attached hydrogens (tertiary/aromatic N) is 1. The number of piperazine rings is 1. The lowest BCUT2D eigenvalue weighted by Crippen LogP contribution is -2.48. The van der Waals surface area contributed by atoms with E-state index in [2.05, 4.69) is 34.6 Å². The van der Waals surface area contributed by atoms with Crippen molar-refractivity contribution in [2.75, 3.05) is 38.1 Å². The van der Waals surface area contributed by atoms with Gasteiger partial charge in [-0.3, -0.25) is 9.69 Å². The van der Waals surface area contributed by atoms with Crippen molar-refractivity contribution in [1.29, 1.82) is 0 Å². The maximum Gasteiger partial charge on any atom is 0.227 e. The zero-order valence-corrected chi connectivity index (χ0v) is 15.4. The summed E-state index contributed by atoms with van der Waals surface area (Å²) in [4.78, 5) is 14.5. The Morgan fingerprint density at radius 3 is 2.62 bits per heavy atom. The molecule has 0 spiro atoms. The molecule has 0 aliphatic carbocycles. The average Bonchev–Trinajstić information content (AvgIpc) is 2.58. The van der Waals surface area contributed by atoms with E-state index in [0.717, 1.165) is 44.0 Å². The van der Waals surface area contributed by atoms with Gasteiger partial charge >= 0.3 is 0 Å². The van der Waals surface area contributed by atoms with Crippen molar-refractivity contribution in [3.8, 4) is 5.75 Å². The Bertz CT molecular complexity index is 539. The molecule has 1 aliphatic rings. The molecule has 1 heterocycles. The monoisotopic (exact) mass is 333 g/mol. The molecule has 1 amide bonds. The lowest BCUT2D eigenvalue weighted by molar-refractivity contribution is -0.118. The van der Waals surface area contributed by atoms with E-state index in [0.29, 0.717) is 12.6 Å². The fourth-order valence-electron chi connectivity index (χ4n) is 2.94. The first kappa shape index (κ1) is 18.7. The smallest absolute Gasteiger partial charge is 0.227 e. The Morgan fingerprint density at radius 1 is 1.29 bits per heavy atom. The molecule has 1 aromatic rings. The van der Waals surface area contributed by atoms with Crippen molar-refractivity contribution >= 4 is 11.6 Å². The van der Waals surface area contributed by atoms with E-state index >= 15 is 0 Å². The highest BCUT2D eigenvalue weighted by molar-refractivity contribution is 5.93. The number of carbonyl (C=O) groups excluding carboxylic acids is 1. The molecule has 0 aromatic heterocycles. The second-order valence-corrected chi connectivity index (χ2v) is 6.75. The summed E-state index contributed by atoms with van der Waals surface area (Å²) in [7, 11) is 0. The molecule has 134 valence electrons. The first-order valence-corrected chi connectivity index (χ1v) is 9.02. The maximum absolute atomic E-state index is 12.0.